The molecule has 4 heteroatoms. The van der Waals surface area contributed by atoms with Gasteiger partial charge in [-0.05, 0) is 68.6 Å². The second-order valence-electron chi connectivity index (χ2n) is 8.53. The van der Waals surface area contributed by atoms with Crippen LogP contribution in [0.1, 0.15) is 73.2 Å². The van der Waals surface area contributed by atoms with Crippen LogP contribution in [0.3, 0.4) is 0 Å². The number of nitrogens with one attached hydrogen (secondary N) is 1. The van der Waals surface area contributed by atoms with Crippen molar-refractivity contribution in [1.82, 2.24) is 10.2 Å². The first-order valence-corrected chi connectivity index (χ1v) is 10.4. The third kappa shape index (κ3) is 2.74. The highest BCUT2D eigenvalue weighted by molar-refractivity contribution is 5.81. The number of carbonyl (C=O) groups excluding carboxylic acids is 1. The lowest BCUT2D eigenvalue weighted by Crippen LogP contribution is -2.35. The summed E-state index contributed by atoms with van der Waals surface area (Å²) < 4.78 is 0. The predicted octanol–water partition coefficient (Wildman–Crippen LogP) is 3.80. The third-order valence-corrected chi connectivity index (χ3v) is 7.08. The van der Waals surface area contributed by atoms with Gasteiger partial charge in [0.1, 0.15) is 5.75 Å². The summed E-state index contributed by atoms with van der Waals surface area (Å²) in [5.41, 5.74) is 4.83. The molecule has 1 saturated heterocycles. The lowest BCUT2D eigenvalue weighted by Gasteiger charge is -2.31. The average Bonchev–Trinajstić information content (AvgIpc) is 3.16. The van der Waals surface area contributed by atoms with Crippen LogP contribution < -0.4 is 5.32 Å². The molecule has 2 aliphatic carbocycles. The van der Waals surface area contributed by atoms with Crippen molar-refractivity contribution in [2.24, 2.45) is 11.8 Å². The van der Waals surface area contributed by atoms with Gasteiger partial charge < -0.3 is 15.3 Å². The van der Waals surface area contributed by atoms with E-state index in [-0.39, 0.29) is 12.0 Å². The standard InChI is InChI=1S/C22H32N2O2/c1-4-24-10-9-15(22(24)26)12-23-20-17-8-6-5-7-16(17)18-13(2)11-14(3)21(25)19(18)20/h11,15-17,20,23,25H,4-10,12H2,1-3H3. The van der Waals surface area contributed by atoms with Crippen molar-refractivity contribution < 1.29 is 9.90 Å². The zero-order valence-electron chi connectivity index (χ0n) is 16.3. The molecule has 1 aromatic rings. The average molecular weight is 357 g/mol. The number of phenols is 1. The van der Waals surface area contributed by atoms with Gasteiger partial charge in [0.15, 0.2) is 0 Å². The summed E-state index contributed by atoms with van der Waals surface area (Å²) in [5.74, 6) is 1.99. The molecule has 0 radical (unpaired) electrons. The van der Waals surface area contributed by atoms with Crippen LogP contribution in [0.4, 0.5) is 0 Å². The first kappa shape index (κ1) is 17.8. The van der Waals surface area contributed by atoms with Crippen LogP contribution in [0, 0.1) is 25.7 Å². The second-order valence-corrected chi connectivity index (χ2v) is 8.53. The second kappa shape index (κ2) is 6.88. The Hall–Kier alpha value is -1.55. The number of hydrogen-bond donors (Lipinski definition) is 2. The molecule has 4 nitrogen and oxygen atoms in total. The predicted molar refractivity (Wildman–Crippen MR) is 103 cm³/mol. The summed E-state index contributed by atoms with van der Waals surface area (Å²) in [6.07, 6.45) is 5.96. The number of nitrogens with zero attached hydrogens (tertiary/aromatic N) is 1. The SMILES string of the molecule is CCN1CCC(CNC2c3c(O)c(C)cc(C)c3C3CCCCC32)C1=O. The van der Waals surface area contributed by atoms with Crippen LogP contribution in [0.5, 0.6) is 5.75 Å². The van der Waals surface area contributed by atoms with Crippen LogP contribution in [0.2, 0.25) is 0 Å². The summed E-state index contributed by atoms with van der Waals surface area (Å²) in [7, 11) is 0. The molecule has 2 fully saturated rings. The summed E-state index contributed by atoms with van der Waals surface area (Å²) in [4.78, 5) is 14.4. The lowest BCUT2D eigenvalue weighted by atomic mass is 9.77. The van der Waals surface area contributed by atoms with Crippen molar-refractivity contribution in [3.8, 4) is 5.75 Å². The van der Waals surface area contributed by atoms with Gasteiger partial charge in [-0.1, -0.05) is 18.9 Å². The number of amides is 1. The Bertz CT molecular complexity index is 715. The fourth-order valence-corrected chi connectivity index (χ4v) is 5.79. The third-order valence-electron chi connectivity index (χ3n) is 7.08. The van der Waals surface area contributed by atoms with E-state index in [1.165, 1.54) is 36.8 Å². The van der Waals surface area contributed by atoms with Gasteiger partial charge in [-0.15, -0.1) is 0 Å². The molecule has 4 atom stereocenters. The van der Waals surface area contributed by atoms with Crippen molar-refractivity contribution in [2.45, 2.75) is 64.8 Å². The number of phenolic OH excluding ortho intramolecular Hbond substituents is 1. The van der Waals surface area contributed by atoms with Crippen molar-refractivity contribution in [3.05, 3.63) is 28.3 Å². The highest BCUT2D eigenvalue weighted by atomic mass is 16.3. The molecule has 1 aliphatic heterocycles. The number of likely N-dealkylation sites (tertiary alicyclic amines) is 1. The normalized spacial score (nSPS) is 30.6. The summed E-state index contributed by atoms with van der Waals surface area (Å²) in [5, 5.41) is 14.6. The van der Waals surface area contributed by atoms with Crippen LogP contribution in [-0.4, -0.2) is 35.5 Å². The van der Waals surface area contributed by atoms with Crippen molar-refractivity contribution in [1.29, 1.82) is 0 Å². The van der Waals surface area contributed by atoms with Crippen LogP contribution in [0.15, 0.2) is 6.07 Å². The number of benzene rings is 1. The quantitative estimate of drug-likeness (QED) is 0.863. The largest absolute Gasteiger partial charge is 0.507 e. The Kier molecular flexibility index (Phi) is 4.72. The lowest BCUT2D eigenvalue weighted by molar-refractivity contribution is -0.130. The fraction of sp³-hybridized carbons (Fsp3) is 0.682. The fourth-order valence-electron chi connectivity index (χ4n) is 5.79. The molecule has 142 valence electrons. The van der Waals surface area contributed by atoms with Gasteiger partial charge in [0, 0.05) is 31.2 Å². The van der Waals surface area contributed by atoms with Gasteiger partial charge in [0.25, 0.3) is 0 Å². The van der Waals surface area contributed by atoms with E-state index >= 15 is 0 Å². The Morgan fingerprint density at radius 2 is 1.92 bits per heavy atom. The molecule has 0 spiro atoms. The minimum atomic E-state index is 0.0917. The number of rotatable bonds is 4. The number of hydrogen-bond acceptors (Lipinski definition) is 3. The Balaban J connectivity index is 1.61. The van der Waals surface area contributed by atoms with Gasteiger partial charge in [-0.3, -0.25) is 4.79 Å². The Morgan fingerprint density at radius 3 is 2.65 bits per heavy atom. The Labute approximate surface area is 157 Å². The molecule has 1 aromatic carbocycles. The van der Waals surface area contributed by atoms with Crippen LogP contribution >= 0.6 is 0 Å². The number of aryl methyl sites for hydroxylation is 2. The molecule has 2 N–H and O–H groups in total. The molecule has 4 rings (SSSR count). The van der Waals surface area contributed by atoms with E-state index in [9.17, 15) is 9.90 Å². The van der Waals surface area contributed by atoms with Gasteiger partial charge in [-0.2, -0.15) is 0 Å². The maximum atomic E-state index is 12.5. The van der Waals surface area contributed by atoms with Gasteiger partial charge in [0.05, 0.1) is 5.92 Å². The molecule has 1 heterocycles. The van der Waals surface area contributed by atoms with E-state index in [0.29, 0.717) is 23.5 Å². The molecular weight excluding hydrogens is 324 g/mol. The van der Waals surface area contributed by atoms with Crippen molar-refractivity contribution in [2.75, 3.05) is 19.6 Å². The minimum absolute atomic E-state index is 0.0917. The van der Waals surface area contributed by atoms with Gasteiger partial charge in [0.2, 0.25) is 5.91 Å². The zero-order valence-corrected chi connectivity index (χ0v) is 16.3. The monoisotopic (exact) mass is 356 g/mol. The summed E-state index contributed by atoms with van der Waals surface area (Å²) >= 11 is 0. The number of fused-ring (bicyclic) bond motifs is 3. The highest BCUT2D eigenvalue weighted by Gasteiger charge is 2.45. The van der Waals surface area contributed by atoms with Crippen molar-refractivity contribution >= 4 is 5.91 Å². The molecule has 3 aliphatic rings. The van der Waals surface area contributed by atoms with Gasteiger partial charge in [-0.25, -0.2) is 0 Å². The smallest absolute Gasteiger partial charge is 0.227 e. The summed E-state index contributed by atoms with van der Waals surface area (Å²) in [6.45, 7) is 8.68. The number of carbonyl (C=O) groups is 1. The van der Waals surface area contributed by atoms with Crippen LogP contribution in [-0.2, 0) is 4.79 Å². The highest BCUT2D eigenvalue weighted by Crippen LogP contribution is 2.56. The molecule has 0 aromatic heterocycles. The topological polar surface area (TPSA) is 52.6 Å². The molecule has 26 heavy (non-hydrogen) atoms. The minimum Gasteiger partial charge on any atom is -0.507 e. The first-order valence-electron chi connectivity index (χ1n) is 10.4. The van der Waals surface area contributed by atoms with E-state index in [4.69, 9.17) is 0 Å². The molecular formula is C22H32N2O2. The molecule has 1 amide bonds. The van der Waals surface area contributed by atoms with E-state index in [1.54, 1.807) is 0 Å². The zero-order chi connectivity index (χ0) is 18.4. The Morgan fingerprint density at radius 1 is 1.15 bits per heavy atom. The van der Waals surface area contributed by atoms with E-state index in [1.807, 2.05) is 11.8 Å². The van der Waals surface area contributed by atoms with Crippen molar-refractivity contribution in [3.63, 3.8) is 0 Å². The van der Waals surface area contributed by atoms with Crippen LogP contribution in [0.25, 0.3) is 0 Å². The maximum absolute atomic E-state index is 12.5. The molecule has 4 unspecified atom stereocenters. The summed E-state index contributed by atoms with van der Waals surface area (Å²) in [6, 6.07) is 2.33. The van der Waals surface area contributed by atoms with E-state index < -0.39 is 0 Å². The van der Waals surface area contributed by atoms with E-state index in [0.717, 1.165) is 37.2 Å². The number of aromatic hydroxyl groups is 1. The molecule has 0 bridgehead atoms. The van der Waals surface area contributed by atoms with E-state index in [2.05, 4.69) is 25.2 Å². The first-order chi connectivity index (χ1) is 12.5. The molecule has 1 saturated carbocycles. The van der Waals surface area contributed by atoms with Gasteiger partial charge >= 0.3 is 0 Å². The maximum Gasteiger partial charge on any atom is 0.227 e.